The van der Waals surface area contributed by atoms with E-state index in [-0.39, 0.29) is 24.1 Å². The predicted octanol–water partition coefficient (Wildman–Crippen LogP) is 3.20. The molecule has 0 radical (unpaired) electrons. The van der Waals surface area contributed by atoms with Gasteiger partial charge in [-0.3, -0.25) is 23.9 Å². The quantitative estimate of drug-likeness (QED) is 0.490. The van der Waals surface area contributed by atoms with Crippen molar-refractivity contribution < 1.29 is 29.1 Å². The minimum atomic E-state index is -1.46. The van der Waals surface area contributed by atoms with Crippen LogP contribution in [0.25, 0.3) is 10.9 Å². The zero-order valence-corrected chi connectivity index (χ0v) is 22.8. The van der Waals surface area contributed by atoms with E-state index in [2.05, 4.69) is 0 Å². The summed E-state index contributed by atoms with van der Waals surface area (Å²) in [7, 11) is 0. The molecule has 0 bridgehead atoms. The summed E-state index contributed by atoms with van der Waals surface area (Å²) in [6, 6.07) is 12.6. The lowest BCUT2D eigenvalue weighted by Crippen LogP contribution is -2.52. The van der Waals surface area contributed by atoms with E-state index >= 15 is 0 Å². The summed E-state index contributed by atoms with van der Waals surface area (Å²) in [6.07, 6.45) is -2.03. The van der Waals surface area contributed by atoms with Gasteiger partial charge in [0, 0.05) is 18.9 Å². The summed E-state index contributed by atoms with van der Waals surface area (Å²) in [6.45, 7) is 8.13. The SMILES string of the molecule is CC(=O)O[C@@H](c1nc2ccccc2c(=O)n1[C@H]1C[C@@]2(OC1=O)c1ccccc1N1C(=O)C(C)(C)N(O)[C@H]12)C(C)C. The molecular weight excluding hydrogens is 516 g/mol. The maximum atomic E-state index is 14.0. The van der Waals surface area contributed by atoms with Gasteiger partial charge in [0.25, 0.3) is 11.5 Å². The molecule has 4 atom stereocenters. The van der Waals surface area contributed by atoms with Gasteiger partial charge in [-0.15, -0.1) is 5.06 Å². The van der Waals surface area contributed by atoms with E-state index in [0.717, 1.165) is 5.06 Å². The fourth-order valence-electron chi connectivity index (χ4n) is 6.26. The number of anilines is 1. The second kappa shape index (κ2) is 8.70. The molecule has 1 spiro atoms. The number of hydroxylamine groups is 2. The Balaban J connectivity index is 1.57. The highest BCUT2D eigenvalue weighted by Gasteiger charge is 2.70. The molecule has 1 aromatic heterocycles. The van der Waals surface area contributed by atoms with Crippen molar-refractivity contribution in [1.29, 1.82) is 0 Å². The van der Waals surface area contributed by atoms with E-state index in [1.54, 1.807) is 62.4 Å². The van der Waals surface area contributed by atoms with Crippen molar-refractivity contribution in [3.05, 3.63) is 70.3 Å². The number of para-hydroxylation sites is 2. The first kappa shape index (κ1) is 26.1. The smallest absolute Gasteiger partial charge is 0.330 e. The van der Waals surface area contributed by atoms with E-state index in [9.17, 15) is 24.4 Å². The standard InChI is InChI=1S/C29H30N4O7/c1-15(2)22(39-16(3)34)23-30-19-12-8-6-10-17(19)24(35)31(23)21-14-29(40-25(21)36)18-11-7-9-13-20(18)32-26(29)33(38)28(4,5)27(32)37/h6-13,15,21-22,26,38H,14H2,1-5H3/t21-,22+,26-,29+/m0/s1. The Hall–Kier alpha value is -4.09. The van der Waals surface area contributed by atoms with Crippen molar-refractivity contribution in [1.82, 2.24) is 14.6 Å². The molecule has 3 aliphatic rings. The maximum absolute atomic E-state index is 14.0. The summed E-state index contributed by atoms with van der Waals surface area (Å²) in [5.41, 5.74) is -1.74. The number of hydrogen-bond acceptors (Lipinski definition) is 9. The van der Waals surface area contributed by atoms with Gasteiger partial charge in [-0.05, 0) is 38.0 Å². The molecule has 3 aromatic rings. The number of amides is 1. The normalized spacial score (nSPS) is 25.9. The Morgan fingerprint density at radius 1 is 1.10 bits per heavy atom. The van der Waals surface area contributed by atoms with Gasteiger partial charge in [-0.25, -0.2) is 9.78 Å². The van der Waals surface area contributed by atoms with Crippen LogP contribution in [0.4, 0.5) is 5.69 Å². The van der Waals surface area contributed by atoms with Crippen LogP contribution < -0.4 is 10.5 Å². The van der Waals surface area contributed by atoms with Crippen LogP contribution in [0.15, 0.2) is 53.3 Å². The molecule has 11 nitrogen and oxygen atoms in total. The Kier molecular flexibility index (Phi) is 5.69. The number of fused-ring (bicyclic) bond motifs is 6. The lowest BCUT2D eigenvalue weighted by molar-refractivity contribution is -0.209. The first-order valence-electron chi connectivity index (χ1n) is 13.2. The summed E-state index contributed by atoms with van der Waals surface area (Å²) < 4.78 is 13.0. The average molecular weight is 547 g/mol. The third kappa shape index (κ3) is 3.40. The van der Waals surface area contributed by atoms with Crippen LogP contribution in [0.3, 0.4) is 0 Å². The number of ether oxygens (including phenoxy) is 2. The Morgan fingerprint density at radius 3 is 2.48 bits per heavy atom. The predicted molar refractivity (Wildman–Crippen MR) is 142 cm³/mol. The fraction of sp³-hybridized carbons (Fsp3) is 0.414. The van der Waals surface area contributed by atoms with Gasteiger partial charge < -0.3 is 14.7 Å². The topological polar surface area (TPSA) is 131 Å². The number of aromatic nitrogens is 2. The van der Waals surface area contributed by atoms with Crippen LogP contribution in [-0.4, -0.2) is 49.4 Å². The molecule has 0 unspecified atom stereocenters. The average Bonchev–Trinajstić information content (AvgIpc) is 3.45. The van der Waals surface area contributed by atoms with Crippen molar-refractivity contribution >= 4 is 34.4 Å². The molecule has 4 heterocycles. The number of carbonyl (C=O) groups is 3. The molecular formula is C29H30N4O7. The number of hydrogen-bond donors (Lipinski definition) is 1. The van der Waals surface area contributed by atoms with E-state index in [4.69, 9.17) is 14.5 Å². The van der Waals surface area contributed by atoms with Crippen molar-refractivity contribution in [2.45, 2.75) is 70.5 Å². The fourth-order valence-corrected chi connectivity index (χ4v) is 6.26. The minimum absolute atomic E-state index is 0.0672. The highest BCUT2D eigenvalue weighted by molar-refractivity contribution is 6.05. The van der Waals surface area contributed by atoms with Gasteiger partial charge in [-0.1, -0.05) is 44.2 Å². The van der Waals surface area contributed by atoms with Crippen molar-refractivity contribution in [2.24, 2.45) is 5.92 Å². The van der Waals surface area contributed by atoms with Crippen LogP contribution in [0.5, 0.6) is 0 Å². The summed E-state index contributed by atoms with van der Waals surface area (Å²) >= 11 is 0. The van der Waals surface area contributed by atoms with Crippen molar-refractivity contribution in [3.8, 4) is 0 Å². The molecule has 6 rings (SSSR count). The number of carbonyl (C=O) groups excluding carboxylic acids is 3. The highest BCUT2D eigenvalue weighted by atomic mass is 16.6. The molecule has 0 saturated carbocycles. The zero-order valence-electron chi connectivity index (χ0n) is 22.8. The van der Waals surface area contributed by atoms with Crippen LogP contribution in [0.2, 0.25) is 0 Å². The largest absolute Gasteiger partial charge is 0.454 e. The van der Waals surface area contributed by atoms with E-state index in [1.165, 1.54) is 16.4 Å². The van der Waals surface area contributed by atoms with Gasteiger partial charge in [0.1, 0.15) is 11.6 Å². The summed E-state index contributed by atoms with van der Waals surface area (Å²) in [4.78, 5) is 59.6. The number of nitrogens with zero attached hydrogens (tertiary/aromatic N) is 4. The molecule has 1 N–H and O–H groups in total. The Labute approximate surface area is 229 Å². The minimum Gasteiger partial charge on any atom is -0.454 e. The zero-order chi connectivity index (χ0) is 28.7. The lowest BCUT2D eigenvalue weighted by Gasteiger charge is -2.35. The van der Waals surface area contributed by atoms with E-state index in [0.29, 0.717) is 22.2 Å². The first-order chi connectivity index (χ1) is 18.9. The van der Waals surface area contributed by atoms with Crippen LogP contribution >= 0.6 is 0 Å². The second-order valence-electron chi connectivity index (χ2n) is 11.4. The third-order valence-corrected chi connectivity index (χ3v) is 8.18. The van der Waals surface area contributed by atoms with Gasteiger partial charge in [0.05, 0.1) is 16.6 Å². The van der Waals surface area contributed by atoms with Gasteiger partial charge in [-0.2, -0.15) is 0 Å². The first-order valence-corrected chi connectivity index (χ1v) is 13.2. The summed E-state index contributed by atoms with van der Waals surface area (Å²) in [5, 5.41) is 12.5. The van der Waals surface area contributed by atoms with E-state index in [1.807, 2.05) is 13.8 Å². The molecule has 11 heteroatoms. The molecule has 2 aromatic carbocycles. The number of esters is 2. The van der Waals surface area contributed by atoms with Gasteiger partial charge in [0.2, 0.25) is 0 Å². The van der Waals surface area contributed by atoms with Crippen LogP contribution in [0, 0.1) is 5.92 Å². The second-order valence-corrected chi connectivity index (χ2v) is 11.4. The molecule has 0 aliphatic carbocycles. The molecule has 208 valence electrons. The monoisotopic (exact) mass is 546 g/mol. The van der Waals surface area contributed by atoms with Crippen LogP contribution in [-0.2, 0) is 29.5 Å². The van der Waals surface area contributed by atoms with Crippen LogP contribution in [0.1, 0.15) is 64.6 Å². The maximum Gasteiger partial charge on any atom is 0.330 e. The number of rotatable bonds is 4. The molecule has 2 saturated heterocycles. The number of benzene rings is 2. The van der Waals surface area contributed by atoms with Gasteiger partial charge >= 0.3 is 11.9 Å². The molecule has 1 amide bonds. The lowest BCUT2D eigenvalue weighted by atomic mass is 9.87. The van der Waals surface area contributed by atoms with E-state index < -0.39 is 46.9 Å². The van der Waals surface area contributed by atoms with Gasteiger partial charge in [0.15, 0.2) is 23.7 Å². The third-order valence-electron chi connectivity index (χ3n) is 8.18. The van der Waals surface area contributed by atoms with Crippen molar-refractivity contribution in [3.63, 3.8) is 0 Å². The summed E-state index contributed by atoms with van der Waals surface area (Å²) in [5.74, 6) is -1.77. The molecule has 40 heavy (non-hydrogen) atoms. The Morgan fingerprint density at radius 2 is 1.77 bits per heavy atom. The van der Waals surface area contributed by atoms with Crippen molar-refractivity contribution in [2.75, 3.05) is 4.90 Å². The Bertz CT molecular complexity index is 1650. The molecule has 3 aliphatic heterocycles. The highest BCUT2D eigenvalue weighted by Crippen LogP contribution is 2.58. The molecule has 2 fully saturated rings.